The van der Waals surface area contributed by atoms with Crippen LogP contribution in [0, 0.1) is 13.8 Å². The first kappa shape index (κ1) is 23.7. The van der Waals surface area contributed by atoms with Gasteiger partial charge in [-0.25, -0.2) is 18.6 Å². The Kier molecular flexibility index (Phi) is 5.82. The SMILES string of the molecule is Cc1ccc(C)c(C(=O)NCc2ccc(-c3nn([C@H]4CCCC4(F)F)c4c(=O)[nH]nc(N)c34)cc2)c1. The molecule has 5 rings (SSSR count). The normalized spacial score (nSPS) is 16.9. The van der Waals surface area contributed by atoms with Crippen LogP contribution in [0.3, 0.4) is 0 Å². The number of nitrogens with two attached hydrogens (primary N) is 1. The van der Waals surface area contributed by atoms with Crippen LogP contribution in [0.5, 0.6) is 0 Å². The maximum atomic E-state index is 14.6. The maximum absolute atomic E-state index is 14.6. The van der Waals surface area contributed by atoms with Crippen molar-refractivity contribution in [2.24, 2.45) is 0 Å². The lowest BCUT2D eigenvalue weighted by atomic mass is 10.0. The highest BCUT2D eigenvalue weighted by atomic mass is 19.3. The summed E-state index contributed by atoms with van der Waals surface area (Å²) in [7, 11) is 0. The molecule has 0 bridgehead atoms. The van der Waals surface area contributed by atoms with Crippen molar-refractivity contribution in [3.8, 4) is 11.3 Å². The second-order valence-electron chi connectivity index (χ2n) is 9.32. The first-order valence-electron chi connectivity index (χ1n) is 11.7. The van der Waals surface area contributed by atoms with Crippen molar-refractivity contribution in [1.82, 2.24) is 25.3 Å². The molecule has 4 aromatic rings. The number of hydrogen-bond acceptors (Lipinski definition) is 5. The van der Waals surface area contributed by atoms with E-state index < -0.39 is 17.5 Å². The van der Waals surface area contributed by atoms with E-state index in [1.54, 1.807) is 12.1 Å². The van der Waals surface area contributed by atoms with Gasteiger partial charge in [0.25, 0.3) is 17.4 Å². The Morgan fingerprint density at radius 1 is 1.22 bits per heavy atom. The lowest BCUT2D eigenvalue weighted by Gasteiger charge is -2.19. The number of halogens is 2. The average molecular weight is 493 g/mol. The van der Waals surface area contributed by atoms with Gasteiger partial charge in [0, 0.05) is 24.1 Å². The summed E-state index contributed by atoms with van der Waals surface area (Å²) in [5.74, 6) is -3.13. The minimum Gasteiger partial charge on any atom is -0.382 e. The molecule has 1 saturated carbocycles. The summed E-state index contributed by atoms with van der Waals surface area (Å²) in [5.41, 5.74) is 9.72. The van der Waals surface area contributed by atoms with E-state index in [1.807, 2.05) is 44.2 Å². The molecule has 0 radical (unpaired) electrons. The van der Waals surface area contributed by atoms with Crippen LogP contribution >= 0.6 is 0 Å². The van der Waals surface area contributed by atoms with Crippen molar-refractivity contribution in [2.45, 2.75) is 51.6 Å². The number of alkyl halides is 2. The van der Waals surface area contributed by atoms with Crippen molar-refractivity contribution < 1.29 is 13.6 Å². The fraction of sp³-hybridized carbons (Fsp3) is 0.308. The molecule has 10 heteroatoms. The number of H-pyrrole nitrogens is 1. The average Bonchev–Trinajstić information content (AvgIpc) is 3.42. The van der Waals surface area contributed by atoms with Crippen molar-refractivity contribution in [3.05, 3.63) is 75.1 Å². The van der Waals surface area contributed by atoms with Gasteiger partial charge in [-0.1, -0.05) is 42.0 Å². The second-order valence-corrected chi connectivity index (χ2v) is 9.32. The monoisotopic (exact) mass is 492 g/mol. The Balaban J connectivity index is 1.45. The second kappa shape index (κ2) is 8.85. The van der Waals surface area contributed by atoms with E-state index in [2.05, 4.69) is 20.6 Å². The maximum Gasteiger partial charge on any atom is 0.290 e. The number of amides is 1. The zero-order valence-electron chi connectivity index (χ0n) is 19.9. The van der Waals surface area contributed by atoms with Crippen LogP contribution in [0.1, 0.15) is 52.4 Å². The van der Waals surface area contributed by atoms with Gasteiger partial charge in [0.2, 0.25) is 0 Å². The van der Waals surface area contributed by atoms with E-state index in [0.29, 0.717) is 29.8 Å². The number of nitrogens with one attached hydrogen (secondary N) is 2. The van der Waals surface area contributed by atoms with E-state index in [1.165, 1.54) is 0 Å². The van der Waals surface area contributed by atoms with Crippen molar-refractivity contribution in [1.29, 1.82) is 0 Å². The van der Waals surface area contributed by atoms with Crippen molar-refractivity contribution >= 4 is 22.6 Å². The fourth-order valence-electron chi connectivity index (χ4n) is 4.79. The van der Waals surface area contributed by atoms with Gasteiger partial charge in [-0.3, -0.25) is 9.59 Å². The molecular weight excluding hydrogens is 466 g/mol. The summed E-state index contributed by atoms with van der Waals surface area (Å²) in [4.78, 5) is 25.2. The topological polar surface area (TPSA) is 119 Å². The summed E-state index contributed by atoms with van der Waals surface area (Å²) < 4.78 is 30.3. The van der Waals surface area contributed by atoms with Crippen LogP contribution in [-0.2, 0) is 6.54 Å². The van der Waals surface area contributed by atoms with Crippen molar-refractivity contribution in [2.75, 3.05) is 5.73 Å². The minimum atomic E-state index is -2.97. The molecule has 1 amide bonds. The highest BCUT2D eigenvalue weighted by molar-refractivity contribution is 5.99. The molecule has 0 unspecified atom stereocenters. The first-order valence-corrected chi connectivity index (χ1v) is 11.7. The van der Waals surface area contributed by atoms with E-state index in [-0.39, 0.29) is 35.5 Å². The van der Waals surface area contributed by atoms with Crippen LogP contribution in [0.15, 0.2) is 47.3 Å². The van der Waals surface area contributed by atoms with Gasteiger partial charge < -0.3 is 11.1 Å². The Hall–Kier alpha value is -4.08. The van der Waals surface area contributed by atoms with Gasteiger partial charge in [0.05, 0.1) is 5.39 Å². The lowest BCUT2D eigenvalue weighted by Crippen LogP contribution is -2.28. The number of benzene rings is 2. The molecule has 4 N–H and O–H groups in total. The van der Waals surface area contributed by atoms with Crippen LogP contribution in [-0.4, -0.2) is 31.8 Å². The van der Waals surface area contributed by atoms with Gasteiger partial charge >= 0.3 is 0 Å². The number of nitrogens with zero attached hydrogens (tertiary/aromatic N) is 3. The molecule has 2 aromatic heterocycles. The zero-order chi connectivity index (χ0) is 25.6. The number of nitrogen functional groups attached to an aromatic ring is 1. The Bertz CT molecular complexity index is 1520. The fourth-order valence-corrected chi connectivity index (χ4v) is 4.79. The van der Waals surface area contributed by atoms with E-state index >= 15 is 0 Å². The summed E-state index contributed by atoms with van der Waals surface area (Å²) in [5, 5.41) is 13.7. The molecule has 8 nitrogen and oxygen atoms in total. The number of fused-ring (bicyclic) bond motifs is 1. The van der Waals surface area contributed by atoms with Crippen LogP contribution in [0.2, 0.25) is 0 Å². The molecule has 0 spiro atoms. The number of hydrogen-bond donors (Lipinski definition) is 3. The predicted octanol–water partition coefficient (Wildman–Crippen LogP) is 4.28. The molecule has 0 saturated heterocycles. The third-order valence-corrected chi connectivity index (χ3v) is 6.75. The van der Waals surface area contributed by atoms with Gasteiger partial charge in [0.1, 0.15) is 17.3 Å². The molecule has 186 valence electrons. The molecule has 1 atom stereocenters. The summed E-state index contributed by atoms with van der Waals surface area (Å²) in [6, 6.07) is 11.6. The minimum absolute atomic E-state index is 0.00561. The zero-order valence-corrected chi connectivity index (χ0v) is 19.9. The number of anilines is 1. The van der Waals surface area contributed by atoms with E-state index in [9.17, 15) is 18.4 Å². The Morgan fingerprint density at radius 2 is 1.97 bits per heavy atom. The summed E-state index contributed by atoms with van der Waals surface area (Å²) >= 11 is 0. The Morgan fingerprint density at radius 3 is 2.67 bits per heavy atom. The molecule has 0 aliphatic heterocycles. The van der Waals surface area contributed by atoms with Gasteiger partial charge in [-0.15, -0.1) is 0 Å². The smallest absolute Gasteiger partial charge is 0.290 e. The Labute approximate surface area is 205 Å². The molecule has 2 heterocycles. The van der Waals surface area contributed by atoms with Gasteiger partial charge in [-0.2, -0.15) is 10.2 Å². The highest BCUT2D eigenvalue weighted by Gasteiger charge is 2.46. The molecule has 1 fully saturated rings. The quantitative estimate of drug-likeness (QED) is 0.384. The van der Waals surface area contributed by atoms with E-state index in [0.717, 1.165) is 21.4 Å². The molecule has 1 aliphatic carbocycles. The van der Waals surface area contributed by atoms with Crippen LogP contribution < -0.4 is 16.6 Å². The number of aromatic amines is 1. The predicted molar refractivity (Wildman–Crippen MR) is 133 cm³/mol. The van der Waals surface area contributed by atoms with Crippen LogP contribution in [0.4, 0.5) is 14.6 Å². The third-order valence-electron chi connectivity index (χ3n) is 6.75. The lowest BCUT2D eigenvalue weighted by molar-refractivity contribution is -0.0329. The van der Waals surface area contributed by atoms with Crippen LogP contribution in [0.25, 0.3) is 22.2 Å². The highest BCUT2D eigenvalue weighted by Crippen LogP contribution is 2.45. The standard InChI is InChI=1S/C26H26F2N6O2/c1-14-5-6-15(2)18(12-14)24(35)30-13-16-7-9-17(10-8-16)21-20-22(25(36)32-31-23(20)29)34(33-21)19-4-3-11-26(19,27)28/h5-10,12,19H,3-4,11,13H2,1-2H3,(H2,29,31)(H,30,35)(H,32,36)/t19-/m0/s1. The third kappa shape index (κ3) is 4.12. The number of aromatic nitrogens is 4. The molecule has 1 aliphatic rings. The molecule has 2 aromatic carbocycles. The van der Waals surface area contributed by atoms with Gasteiger partial charge in [-0.05, 0) is 43.9 Å². The van der Waals surface area contributed by atoms with Gasteiger partial charge in [0.15, 0.2) is 5.82 Å². The van der Waals surface area contributed by atoms with E-state index in [4.69, 9.17) is 5.73 Å². The molecular formula is C26H26F2N6O2. The summed E-state index contributed by atoms with van der Waals surface area (Å²) in [6.07, 6.45) is 0.300. The number of aryl methyl sites for hydroxylation is 2. The summed E-state index contributed by atoms with van der Waals surface area (Å²) in [6.45, 7) is 4.13. The number of carbonyl (C=O) groups is 1. The largest absolute Gasteiger partial charge is 0.382 e. The first-order chi connectivity index (χ1) is 17.2. The number of carbonyl (C=O) groups excluding carboxylic acids is 1. The number of rotatable bonds is 5. The van der Waals surface area contributed by atoms with Crippen molar-refractivity contribution in [3.63, 3.8) is 0 Å². The molecule has 36 heavy (non-hydrogen) atoms.